The van der Waals surface area contributed by atoms with Crippen LogP contribution in [0.2, 0.25) is 5.15 Å². The molecule has 1 aromatic carbocycles. The molecule has 2 heterocycles. The number of fused-ring (bicyclic) bond motifs is 1. The van der Waals surface area contributed by atoms with Crippen LogP contribution in [0.25, 0.3) is 0 Å². The Hall–Kier alpha value is -2.30. The van der Waals surface area contributed by atoms with Gasteiger partial charge in [-0.3, -0.25) is 4.79 Å². The van der Waals surface area contributed by atoms with Gasteiger partial charge in [0.1, 0.15) is 22.4 Å². The number of hydrogen-bond donors (Lipinski definition) is 1. The number of amides is 1. The van der Waals surface area contributed by atoms with Crippen molar-refractivity contribution in [2.75, 3.05) is 29.9 Å². The maximum absolute atomic E-state index is 12.0. The molecule has 23 heavy (non-hydrogen) atoms. The largest absolute Gasteiger partial charge is 0.482 e. The number of carbonyl (C=O) groups is 1. The Morgan fingerprint density at radius 1 is 1.48 bits per heavy atom. The molecule has 0 saturated carbocycles. The Balaban J connectivity index is 1.59. The number of nitrogens with zero attached hydrogens (tertiary/aromatic N) is 3. The lowest BCUT2D eigenvalue weighted by Crippen LogP contribution is -2.39. The normalized spacial score (nSPS) is 13.2. The lowest BCUT2D eigenvalue weighted by atomic mass is 10.2. The first-order valence-electron chi connectivity index (χ1n) is 7.02. The molecule has 3 rings (SSSR count). The fourth-order valence-corrected chi connectivity index (χ4v) is 3.29. The third-order valence-corrected chi connectivity index (χ3v) is 4.59. The summed E-state index contributed by atoms with van der Waals surface area (Å²) in [6.45, 7) is 1.24. The van der Waals surface area contributed by atoms with Gasteiger partial charge in [0.25, 0.3) is 5.91 Å². The highest BCUT2D eigenvalue weighted by Gasteiger charge is 2.24. The van der Waals surface area contributed by atoms with Crippen LogP contribution in [0.3, 0.4) is 0 Å². The molecule has 8 heteroatoms. The molecule has 1 aliphatic heterocycles. The first kappa shape index (κ1) is 15.6. The standard InChI is InChI=1S/C15H13ClN4O2S/c16-14-10(8-17)15(23-19-14)18-6-3-7-20-11-4-1-2-5-12(11)22-9-13(20)21/h1-2,4-5,18H,3,6-7,9H2. The van der Waals surface area contributed by atoms with Crippen molar-refractivity contribution in [1.82, 2.24) is 4.37 Å². The molecule has 0 bridgehead atoms. The van der Waals surface area contributed by atoms with Crippen LogP contribution in [0, 0.1) is 11.3 Å². The topological polar surface area (TPSA) is 78.3 Å². The van der Waals surface area contributed by atoms with Crippen LogP contribution in [0.1, 0.15) is 12.0 Å². The van der Waals surface area contributed by atoms with Crippen molar-refractivity contribution in [2.24, 2.45) is 0 Å². The molecule has 1 amide bonds. The molecule has 0 fully saturated rings. The van der Waals surface area contributed by atoms with Crippen molar-refractivity contribution in [3.8, 4) is 11.8 Å². The molecule has 2 aromatic rings. The van der Waals surface area contributed by atoms with Crippen LogP contribution < -0.4 is 15.0 Å². The Morgan fingerprint density at radius 3 is 3.13 bits per heavy atom. The summed E-state index contributed by atoms with van der Waals surface area (Å²) < 4.78 is 9.35. The monoisotopic (exact) mass is 348 g/mol. The Morgan fingerprint density at radius 2 is 2.30 bits per heavy atom. The number of benzene rings is 1. The van der Waals surface area contributed by atoms with Crippen molar-refractivity contribution in [3.05, 3.63) is 35.0 Å². The maximum atomic E-state index is 12.0. The highest BCUT2D eigenvalue weighted by Crippen LogP contribution is 2.31. The fourth-order valence-electron chi connectivity index (χ4n) is 2.33. The van der Waals surface area contributed by atoms with Gasteiger partial charge in [0.2, 0.25) is 0 Å². The minimum atomic E-state index is -0.0535. The zero-order valence-corrected chi connectivity index (χ0v) is 13.7. The predicted octanol–water partition coefficient (Wildman–Crippen LogP) is 2.90. The first-order valence-corrected chi connectivity index (χ1v) is 8.17. The van der Waals surface area contributed by atoms with Gasteiger partial charge in [-0.05, 0) is 30.1 Å². The zero-order valence-electron chi connectivity index (χ0n) is 12.1. The molecular formula is C15H13ClN4O2S. The number of nitriles is 1. The van der Waals surface area contributed by atoms with E-state index < -0.39 is 0 Å². The van der Waals surface area contributed by atoms with E-state index in [1.807, 2.05) is 30.3 Å². The lowest BCUT2D eigenvalue weighted by Gasteiger charge is -2.29. The van der Waals surface area contributed by atoms with Crippen LogP contribution >= 0.6 is 23.1 Å². The van der Waals surface area contributed by atoms with Crippen molar-refractivity contribution in [3.63, 3.8) is 0 Å². The van der Waals surface area contributed by atoms with E-state index >= 15 is 0 Å². The van der Waals surface area contributed by atoms with Crippen molar-refractivity contribution in [1.29, 1.82) is 5.26 Å². The number of aromatic nitrogens is 1. The van der Waals surface area contributed by atoms with Crippen molar-refractivity contribution >= 4 is 39.7 Å². The molecule has 0 saturated heterocycles. The molecule has 0 radical (unpaired) electrons. The Bertz CT molecular complexity index is 771. The minimum Gasteiger partial charge on any atom is -0.482 e. The van der Waals surface area contributed by atoms with Gasteiger partial charge in [0.05, 0.1) is 5.69 Å². The number of nitrogens with one attached hydrogen (secondary N) is 1. The highest BCUT2D eigenvalue weighted by molar-refractivity contribution is 7.10. The van der Waals surface area contributed by atoms with Gasteiger partial charge in [0.15, 0.2) is 11.8 Å². The molecule has 1 N–H and O–H groups in total. The summed E-state index contributed by atoms with van der Waals surface area (Å²) in [5.41, 5.74) is 1.16. The highest BCUT2D eigenvalue weighted by atomic mass is 35.5. The number of ether oxygens (including phenoxy) is 1. The van der Waals surface area contributed by atoms with Gasteiger partial charge in [-0.1, -0.05) is 23.7 Å². The summed E-state index contributed by atoms with van der Waals surface area (Å²) >= 11 is 6.98. The van der Waals surface area contributed by atoms with Gasteiger partial charge in [-0.2, -0.15) is 9.64 Å². The van der Waals surface area contributed by atoms with Gasteiger partial charge < -0.3 is 15.0 Å². The number of rotatable bonds is 5. The van der Waals surface area contributed by atoms with E-state index in [1.165, 1.54) is 0 Å². The van der Waals surface area contributed by atoms with Crippen LogP contribution in [-0.2, 0) is 4.79 Å². The van der Waals surface area contributed by atoms with E-state index in [1.54, 1.807) is 4.90 Å². The third kappa shape index (κ3) is 3.23. The second-order valence-corrected chi connectivity index (χ2v) is 6.00. The second kappa shape index (κ2) is 6.86. The number of carbonyl (C=O) groups excluding carboxylic acids is 1. The zero-order chi connectivity index (χ0) is 16.2. The fraction of sp³-hybridized carbons (Fsp3) is 0.267. The van der Waals surface area contributed by atoms with Gasteiger partial charge in [-0.15, -0.1) is 0 Å². The van der Waals surface area contributed by atoms with E-state index in [-0.39, 0.29) is 17.7 Å². The SMILES string of the molecule is N#Cc1c(Cl)nsc1NCCCN1C(=O)COc2ccccc21. The summed E-state index contributed by atoms with van der Waals surface area (Å²) in [5, 5.41) is 13.0. The summed E-state index contributed by atoms with van der Waals surface area (Å²) in [6.07, 6.45) is 0.723. The molecule has 0 unspecified atom stereocenters. The summed E-state index contributed by atoms with van der Waals surface area (Å²) in [4.78, 5) is 13.8. The Labute approximate surface area is 142 Å². The predicted molar refractivity (Wildman–Crippen MR) is 89.2 cm³/mol. The van der Waals surface area contributed by atoms with Crippen LogP contribution in [0.5, 0.6) is 5.75 Å². The van der Waals surface area contributed by atoms with E-state index in [9.17, 15) is 4.79 Å². The minimum absolute atomic E-state index is 0.0535. The number of para-hydroxylation sites is 2. The lowest BCUT2D eigenvalue weighted by molar-refractivity contribution is -0.121. The van der Waals surface area contributed by atoms with Crippen LogP contribution in [0.15, 0.2) is 24.3 Å². The average Bonchev–Trinajstić information content (AvgIpc) is 2.93. The van der Waals surface area contributed by atoms with Gasteiger partial charge >= 0.3 is 0 Å². The second-order valence-electron chi connectivity index (χ2n) is 4.87. The van der Waals surface area contributed by atoms with Crippen molar-refractivity contribution in [2.45, 2.75) is 6.42 Å². The van der Waals surface area contributed by atoms with Gasteiger partial charge in [-0.25, -0.2) is 0 Å². The number of anilines is 2. The van der Waals surface area contributed by atoms with Crippen LogP contribution in [0.4, 0.5) is 10.7 Å². The maximum Gasteiger partial charge on any atom is 0.265 e. The first-order chi connectivity index (χ1) is 11.2. The smallest absolute Gasteiger partial charge is 0.265 e. The molecule has 1 aromatic heterocycles. The molecule has 1 aliphatic rings. The van der Waals surface area contributed by atoms with Crippen molar-refractivity contribution < 1.29 is 9.53 Å². The van der Waals surface area contributed by atoms with E-state index in [0.717, 1.165) is 29.4 Å². The molecule has 0 spiro atoms. The van der Waals surface area contributed by atoms with Crippen LogP contribution in [-0.4, -0.2) is 30.0 Å². The Kier molecular flexibility index (Phi) is 4.65. The summed E-state index contributed by atoms with van der Waals surface area (Å²) in [6, 6.07) is 9.51. The molecular weight excluding hydrogens is 336 g/mol. The van der Waals surface area contributed by atoms with Gasteiger partial charge in [0, 0.05) is 13.1 Å². The summed E-state index contributed by atoms with van der Waals surface area (Å²) in [7, 11) is 0. The molecule has 0 atom stereocenters. The molecule has 6 nitrogen and oxygen atoms in total. The quantitative estimate of drug-likeness (QED) is 0.840. The van der Waals surface area contributed by atoms with E-state index in [2.05, 4.69) is 9.69 Å². The molecule has 118 valence electrons. The third-order valence-electron chi connectivity index (χ3n) is 3.41. The van der Waals surface area contributed by atoms with E-state index in [4.69, 9.17) is 21.6 Å². The average molecular weight is 349 g/mol. The number of hydrogen-bond acceptors (Lipinski definition) is 6. The summed E-state index contributed by atoms with van der Waals surface area (Å²) in [5.74, 6) is 0.670. The molecule has 0 aliphatic carbocycles. The number of halogens is 1. The van der Waals surface area contributed by atoms with E-state index in [0.29, 0.717) is 23.7 Å².